The molecule has 42 heavy (non-hydrogen) atoms. The van der Waals surface area contributed by atoms with Crippen LogP contribution in [0, 0.1) is 0 Å². The molecule has 1 fully saturated rings. The van der Waals surface area contributed by atoms with E-state index < -0.39 is 0 Å². The van der Waals surface area contributed by atoms with Crippen molar-refractivity contribution < 1.29 is 4.79 Å². The van der Waals surface area contributed by atoms with Crippen molar-refractivity contribution in [3.63, 3.8) is 0 Å². The van der Waals surface area contributed by atoms with Gasteiger partial charge in [-0.05, 0) is 86.2 Å². The van der Waals surface area contributed by atoms with Crippen molar-refractivity contribution in [2.45, 2.75) is 50.7 Å². The van der Waals surface area contributed by atoms with Gasteiger partial charge < -0.3 is 16.0 Å². The van der Waals surface area contributed by atoms with Crippen molar-refractivity contribution in [3.05, 3.63) is 84.8 Å². The maximum atomic E-state index is 12.2. The van der Waals surface area contributed by atoms with Crippen LogP contribution in [0.25, 0.3) is 34.1 Å². The van der Waals surface area contributed by atoms with Crippen molar-refractivity contribution in [3.8, 4) is 22.9 Å². The highest BCUT2D eigenvalue weighted by molar-refractivity contribution is 5.87. The Morgan fingerprint density at radius 2 is 1.95 bits per heavy atom. The molecule has 0 saturated carbocycles. The van der Waals surface area contributed by atoms with E-state index in [0.717, 1.165) is 49.0 Å². The molecule has 0 spiro atoms. The van der Waals surface area contributed by atoms with Gasteiger partial charge in [0.25, 0.3) is 0 Å². The first-order valence-electron chi connectivity index (χ1n) is 14.3. The van der Waals surface area contributed by atoms with Crippen molar-refractivity contribution >= 4 is 22.9 Å². The van der Waals surface area contributed by atoms with E-state index in [1.165, 1.54) is 22.0 Å². The second-order valence-corrected chi connectivity index (χ2v) is 11.0. The number of nitrogens with two attached hydrogens (primary N) is 1. The molecule has 0 radical (unpaired) electrons. The van der Waals surface area contributed by atoms with Crippen LogP contribution in [-0.4, -0.2) is 63.9 Å². The Bertz CT molecular complexity index is 1790. The van der Waals surface area contributed by atoms with E-state index in [0.29, 0.717) is 29.1 Å². The third kappa shape index (κ3) is 4.51. The predicted molar refractivity (Wildman–Crippen MR) is 160 cm³/mol. The van der Waals surface area contributed by atoms with Gasteiger partial charge in [-0.2, -0.15) is 10.2 Å². The third-order valence-corrected chi connectivity index (χ3v) is 8.43. The maximum absolute atomic E-state index is 12.2. The van der Waals surface area contributed by atoms with Crippen LogP contribution >= 0.6 is 0 Å². The smallest absolute Gasteiger partial charge is 0.246 e. The van der Waals surface area contributed by atoms with Crippen LogP contribution in [0.3, 0.4) is 0 Å². The lowest BCUT2D eigenvalue weighted by Gasteiger charge is -2.38. The van der Waals surface area contributed by atoms with Gasteiger partial charge >= 0.3 is 0 Å². The van der Waals surface area contributed by atoms with Crippen molar-refractivity contribution in [2.24, 2.45) is 0 Å². The Morgan fingerprint density at radius 3 is 2.74 bits per heavy atom. The third-order valence-electron chi connectivity index (χ3n) is 8.43. The van der Waals surface area contributed by atoms with E-state index >= 15 is 0 Å². The molecule has 5 heterocycles. The number of pyridine rings is 2. The van der Waals surface area contributed by atoms with Crippen LogP contribution in [-0.2, 0) is 11.2 Å². The molecule has 1 amide bonds. The minimum Gasteiger partial charge on any atom is -0.383 e. The molecule has 11 heteroatoms. The second kappa shape index (κ2) is 10.5. The van der Waals surface area contributed by atoms with E-state index in [2.05, 4.69) is 52.2 Å². The largest absolute Gasteiger partial charge is 0.383 e. The van der Waals surface area contributed by atoms with Crippen LogP contribution in [0.1, 0.15) is 43.4 Å². The van der Waals surface area contributed by atoms with E-state index in [1.807, 2.05) is 33.7 Å². The Kier molecular flexibility index (Phi) is 6.50. The van der Waals surface area contributed by atoms with Crippen molar-refractivity contribution in [1.29, 1.82) is 0 Å². The summed E-state index contributed by atoms with van der Waals surface area (Å²) in [5, 5.41) is 12.4. The molecule has 2 aliphatic rings. The summed E-state index contributed by atoms with van der Waals surface area (Å²) in [6.07, 6.45) is 10.2. The zero-order chi connectivity index (χ0) is 28.8. The highest BCUT2D eigenvalue weighted by Gasteiger charge is 2.31. The topological polar surface area (TPSA) is 133 Å². The van der Waals surface area contributed by atoms with Gasteiger partial charge in [0, 0.05) is 36.6 Å². The summed E-state index contributed by atoms with van der Waals surface area (Å²) in [7, 11) is 0. The number of hydrogen-bond acceptors (Lipinski definition) is 8. The minimum atomic E-state index is 0.0154. The number of anilines is 1. The molecule has 1 saturated heterocycles. The number of nitrogens with one attached hydrogen (secondary N) is 1. The van der Waals surface area contributed by atoms with Gasteiger partial charge in [-0.15, -0.1) is 4.80 Å². The fraction of sp³-hybridized carbons (Fsp3) is 0.290. The number of benzene rings is 1. The van der Waals surface area contributed by atoms with Crippen molar-refractivity contribution in [1.82, 2.24) is 44.7 Å². The molecule has 7 rings (SSSR count). The van der Waals surface area contributed by atoms with Gasteiger partial charge in [0.05, 0.1) is 18.0 Å². The maximum Gasteiger partial charge on any atom is 0.246 e. The Labute approximate surface area is 243 Å². The zero-order valence-corrected chi connectivity index (χ0v) is 23.4. The summed E-state index contributed by atoms with van der Waals surface area (Å²) in [6, 6.07) is 15.0. The van der Waals surface area contributed by atoms with Crippen LogP contribution in [0.15, 0.2) is 73.7 Å². The average Bonchev–Trinajstić information content (AvgIpc) is 3.76. The molecule has 4 aromatic heterocycles. The van der Waals surface area contributed by atoms with Crippen molar-refractivity contribution in [2.75, 3.05) is 12.3 Å². The van der Waals surface area contributed by atoms with Gasteiger partial charge in [0.15, 0.2) is 17.3 Å². The standard InChI is InChI=1S/C31H32N10O/c1-3-28(42)39-16-12-21(17-19(39)2)36-25-9-6-20-18-22(7-8-23(20)25)40-30(24-5-4-13-33-29(24)32)37-26-10-11-27(38-31(26)40)41-34-14-15-35-41/h3-5,7-8,10-11,13-15,18-19,21,25,36H,1,6,9,12,16-17H2,2H3,(H2,32,33)/t19-,21?,25+/m1/s1. The van der Waals surface area contributed by atoms with Gasteiger partial charge in [0.2, 0.25) is 5.91 Å². The Morgan fingerprint density at radius 1 is 1.10 bits per heavy atom. The number of carbonyl (C=O) groups excluding carboxylic acids is 1. The molecule has 3 N–H and O–H groups in total. The zero-order valence-electron chi connectivity index (χ0n) is 23.4. The number of fused-ring (bicyclic) bond motifs is 2. The normalized spacial score (nSPS) is 20.1. The fourth-order valence-electron chi connectivity index (χ4n) is 6.39. The summed E-state index contributed by atoms with van der Waals surface area (Å²) >= 11 is 0. The number of aromatic nitrogens is 7. The van der Waals surface area contributed by atoms with Crippen LogP contribution in [0.4, 0.5) is 5.82 Å². The second-order valence-electron chi connectivity index (χ2n) is 11.0. The summed E-state index contributed by atoms with van der Waals surface area (Å²) < 4.78 is 2.05. The van der Waals surface area contributed by atoms with E-state index in [1.54, 1.807) is 18.6 Å². The monoisotopic (exact) mass is 560 g/mol. The lowest BCUT2D eigenvalue weighted by atomic mass is 9.96. The number of imidazole rings is 1. The predicted octanol–water partition coefficient (Wildman–Crippen LogP) is 3.79. The lowest BCUT2D eigenvalue weighted by molar-refractivity contribution is -0.129. The lowest BCUT2D eigenvalue weighted by Crippen LogP contribution is -2.49. The molecule has 5 aromatic rings. The molecule has 1 aromatic carbocycles. The number of nitrogens with zero attached hydrogens (tertiary/aromatic N) is 8. The number of hydrogen-bond donors (Lipinski definition) is 2. The SMILES string of the molecule is C=CC(=O)N1CCC(N[C@H]2CCc3cc(-n4c(-c5cccnc5N)nc5ccc(-n6nccn6)nc54)ccc32)C[C@H]1C. The molecule has 11 nitrogen and oxygen atoms in total. The molecule has 0 bridgehead atoms. The van der Waals surface area contributed by atoms with E-state index in [-0.39, 0.29) is 18.0 Å². The van der Waals surface area contributed by atoms with Crippen LogP contribution in [0.5, 0.6) is 0 Å². The summed E-state index contributed by atoms with van der Waals surface area (Å²) in [4.78, 5) is 29.8. The first-order chi connectivity index (χ1) is 20.5. The van der Waals surface area contributed by atoms with Gasteiger partial charge in [0.1, 0.15) is 11.3 Å². The Hall–Kier alpha value is -4.90. The number of nitrogen functional groups attached to an aromatic ring is 1. The average molecular weight is 561 g/mol. The number of aryl methyl sites for hydroxylation is 1. The van der Waals surface area contributed by atoms with Crippen LogP contribution in [0.2, 0.25) is 0 Å². The first-order valence-corrected chi connectivity index (χ1v) is 14.3. The quantitative estimate of drug-likeness (QED) is 0.300. The summed E-state index contributed by atoms with van der Waals surface area (Å²) in [5.74, 6) is 1.70. The molecule has 212 valence electrons. The van der Waals surface area contributed by atoms with Gasteiger partial charge in [-0.1, -0.05) is 12.6 Å². The summed E-state index contributed by atoms with van der Waals surface area (Å²) in [6.45, 7) is 6.52. The number of rotatable bonds is 6. The van der Waals surface area contributed by atoms with E-state index in [4.69, 9.17) is 15.7 Å². The Balaban J connectivity index is 1.23. The van der Waals surface area contributed by atoms with Gasteiger partial charge in [-0.25, -0.2) is 15.0 Å². The molecule has 1 unspecified atom stereocenters. The molecule has 1 aliphatic carbocycles. The number of carbonyl (C=O) groups is 1. The number of amides is 1. The van der Waals surface area contributed by atoms with Gasteiger partial charge in [-0.3, -0.25) is 9.36 Å². The molecule has 1 aliphatic heterocycles. The highest BCUT2D eigenvalue weighted by Crippen LogP contribution is 2.36. The summed E-state index contributed by atoms with van der Waals surface area (Å²) in [5.41, 5.74) is 12.1. The van der Waals surface area contributed by atoms with E-state index in [9.17, 15) is 4.79 Å². The number of piperidine rings is 1. The highest BCUT2D eigenvalue weighted by atomic mass is 16.2. The molecular formula is C31H32N10O. The molecular weight excluding hydrogens is 528 g/mol. The number of likely N-dealkylation sites (tertiary alicyclic amines) is 1. The molecule has 3 atom stereocenters. The minimum absolute atomic E-state index is 0.0154. The fourth-order valence-corrected chi connectivity index (χ4v) is 6.39. The first kappa shape index (κ1) is 26.0. The van der Waals surface area contributed by atoms with Crippen LogP contribution < -0.4 is 11.1 Å².